The molecule has 8 unspecified atom stereocenters. The van der Waals surface area contributed by atoms with Gasteiger partial charge in [-0.05, 0) is 97.5 Å². The molecule has 180 valence electrons. The third-order valence-electron chi connectivity index (χ3n) is 9.47. The molecular weight excluding hydrogens is 376 g/mol. The van der Waals surface area contributed by atoms with E-state index in [-0.39, 0.29) is 5.78 Å². The van der Waals surface area contributed by atoms with Gasteiger partial charge in [-0.1, -0.05) is 87.3 Å². The van der Waals surface area contributed by atoms with E-state index in [2.05, 4.69) is 41.5 Å². The fraction of sp³-hybridized carbons (Fsp3) is 0.833. The zero-order valence-electron chi connectivity index (χ0n) is 22.8. The van der Waals surface area contributed by atoms with Crippen molar-refractivity contribution in [3.8, 4) is 0 Å². The van der Waals surface area contributed by atoms with E-state index in [4.69, 9.17) is 0 Å². The molecule has 0 amide bonds. The van der Waals surface area contributed by atoms with Crippen molar-refractivity contribution < 1.29 is 4.79 Å². The number of hydrogen-bond acceptors (Lipinski definition) is 1. The number of fused-ring (bicyclic) bond motifs is 3. The molecule has 0 N–H and O–H groups in total. The third-order valence-corrected chi connectivity index (χ3v) is 9.47. The Kier molecular flexibility index (Phi) is 10.8. The lowest BCUT2D eigenvalue weighted by atomic mass is 9.45. The Morgan fingerprint density at radius 2 is 1.71 bits per heavy atom. The maximum atomic E-state index is 12.2. The Hall–Kier alpha value is -0.850. The molecule has 0 spiro atoms. The molecule has 0 aromatic rings. The summed E-state index contributed by atoms with van der Waals surface area (Å²) in [5.74, 6) is 4.91. The van der Waals surface area contributed by atoms with Gasteiger partial charge in [-0.2, -0.15) is 0 Å². The quantitative estimate of drug-likeness (QED) is 0.406. The van der Waals surface area contributed by atoms with Gasteiger partial charge < -0.3 is 0 Å². The van der Waals surface area contributed by atoms with Crippen molar-refractivity contribution in [3.05, 3.63) is 23.8 Å². The van der Waals surface area contributed by atoms with Crippen LogP contribution in [0.2, 0.25) is 0 Å². The SMILES string of the molecule is C/C=C\C(=O)/C=C1/CCC2(C)C(CCC3(C)C(C(C)CC)C(C)CC23)C1C.CC.CC. The van der Waals surface area contributed by atoms with Crippen LogP contribution in [0.1, 0.15) is 115 Å². The lowest BCUT2D eigenvalue weighted by Crippen LogP contribution is -2.52. The van der Waals surface area contributed by atoms with Crippen molar-refractivity contribution in [2.24, 2.45) is 46.3 Å². The molecule has 0 heterocycles. The minimum Gasteiger partial charge on any atom is -0.290 e. The fourth-order valence-corrected chi connectivity index (χ4v) is 8.23. The summed E-state index contributed by atoms with van der Waals surface area (Å²) in [4.78, 5) is 12.2. The van der Waals surface area contributed by atoms with Crippen molar-refractivity contribution in [2.75, 3.05) is 0 Å². The van der Waals surface area contributed by atoms with E-state index in [0.717, 1.165) is 36.0 Å². The van der Waals surface area contributed by atoms with E-state index in [9.17, 15) is 4.79 Å². The second-order valence-corrected chi connectivity index (χ2v) is 10.7. The maximum absolute atomic E-state index is 12.2. The topological polar surface area (TPSA) is 17.1 Å². The molecule has 31 heavy (non-hydrogen) atoms. The molecule has 3 aliphatic rings. The molecule has 0 aliphatic heterocycles. The molecule has 3 fully saturated rings. The van der Waals surface area contributed by atoms with Gasteiger partial charge in [0.15, 0.2) is 5.78 Å². The third kappa shape index (κ3) is 5.22. The summed E-state index contributed by atoms with van der Waals surface area (Å²) in [5.41, 5.74) is 2.37. The number of allylic oxidation sites excluding steroid dienone is 4. The number of rotatable bonds is 4. The standard InChI is InChI=1S/C26H42O.2C2H6/c1-8-10-21(27)16-20-11-13-25(6)22(19(20)5)12-14-26(7)23(25)15-18(4)24(26)17(3)9-2;2*1-2/h8,10,16-19,22-24H,9,11-15H2,1-7H3;2*1-2H3/b10-8-,20-16-;;. The number of carbonyl (C=O) groups excluding carboxylic acids is 1. The highest BCUT2D eigenvalue weighted by Crippen LogP contribution is 2.70. The largest absolute Gasteiger partial charge is 0.290 e. The molecule has 3 saturated carbocycles. The minimum absolute atomic E-state index is 0.176. The normalized spacial score (nSPS) is 41.4. The Balaban J connectivity index is 0.00000113. The average molecular weight is 431 g/mol. The van der Waals surface area contributed by atoms with E-state index in [1.807, 2.05) is 46.8 Å². The first-order valence-electron chi connectivity index (χ1n) is 13.6. The molecule has 0 aromatic heterocycles. The van der Waals surface area contributed by atoms with Crippen molar-refractivity contribution in [2.45, 2.75) is 115 Å². The lowest BCUT2D eigenvalue weighted by Gasteiger charge is -2.60. The first kappa shape index (κ1) is 28.2. The van der Waals surface area contributed by atoms with E-state index < -0.39 is 0 Å². The lowest BCUT2D eigenvalue weighted by molar-refractivity contribution is -0.111. The molecule has 3 aliphatic carbocycles. The zero-order chi connectivity index (χ0) is 24.0. The second-order valence-electron chi connectivity index (χ2n) is 10.7. The van der Waals surface area contributed by atoms with Crippen LogP contribution in [-0.4, -0.2) is 5.78 Å². The second kappa shape index (κ2) is 11.9. The molecule has 0 bridgehead atoms. The van der Waals surface area contributed by atoms with Crippen molar-refractivity contribution in [1.82, 2.24) is 0 Å². The number of hydrogen-bond donors (Lipinski definition) is 0. The Morgan fingerprint density at radius 1 is 1.10 bits per heavy atom. The van der Waals surface area contributed by atoms with E-state index in [1.165, 1.54) is 37.7 Å². The Morgan fingerprint density at radius 3 is 2.26 bits per heavy atom. The van der Waals surface area contributed by atoms with Crippen molar-refractivity contribution >= 4 is 5.78 Å². The summed E-state index contributed by atoms with van der Waals surface area (Å²) in [6.07, 6.45) is 13.4. The highest BCUT2D eigenvalue weighted by molar-refractivity contribution is 5.99. The van der Waals surface area contributed by atoms with Crippen LogP contribution in [-0.2, 0) is 4.79 Å². The van der Waals surface area contributed by atoms with Crippen LogP contribution >= 0.6 is 0 Å². The van der Waals surface area contributed by atoms with Gasteiger partial charge in [-0.25, -0.2) is 0 Å². The van der Waals surface area contributed by atoms with Crippen LogP contribution in [0.25, 0.3) is 0 Å². The van der Waals surface area contributed by atoms with Crippen LogP contribution in [0.3, 0.4) is 0 Å². The van der Waals surface area contributed by atoms with Crippen molar-refractivity contribution in [1.29, 1.82) is 0 Å². The average Bonchev–Trinajstić information content (AvgIpc) is 3.04. The molecule has 1 nitrogen and oxygen atoms in total. The van der Waals surface area contributed by atoms with E-state index in [1.54, 1.807) is 6.08 Å². The van der Waals surface area contributed by atoms with Gasteiger partial charge in [0.25, 0.3) is 0 Å². The van der Waals surface area contributed by atoms with Crippen LogP contribution in [0, 0.1) is 46.3 Å². The van der Waals surface area contributed by atoms with E-state index in [0.29, 0.717) is 16.7 Å². The molecule has 3 rings (SSSR count). The number of carbonyl (C=O) groups is 1. The van der Waals surface area contributed by atoms with Gasteiger partial charge in [0.1, 0.15) is 0 Å². The van der Waals surface area contributed by atoms with Gasteiger partial charge >= 0.3 is 0 Å². The monoisotopic (exact) mass is 430 g/mol. The maximum Gasteiger partial charge on any atom is 0.178 e. The van der Waals surface area contributed by atoms with Crippen LogP contribution in [0.4, 0.5) is 0 Å². The summed E-state index contributed by atoms with van der Waals surface area (Å²) < 4.78 is 0. The summed E-state index contributed by atoms with van der Waals surface area (Å²) >= 11 is 0. The zero-order valence-corrected chi connectivity index (χ0v) is 22.8. The summed E-state index contributed by atoms with van der Waals surface area (Å²) in [6, 6.07) is 0. The molecule has 8 atom stereocenters. The van der Waals surface area contributed by atoms with Crippen LogP contribution in [0.15, 0.2) is 23.8 Å². The van der Waals surface area contributed by atoms with Gasteiger partial charge in [-0.15, -0.1) is 0 Å². The summed E-state index contributed by atoms with van der Waals surface area (Å²) in [7, 11) is 0. The van der Waals surface area contributed by atoms with Gasteiger partial charge in [0, 0.05) is 0 Å². The van der Waals surface area contributed by atoms with E-state index >= 15 is 0 Å². The first-order chi connectivity index (χ1) is 14.7. The minimum atomic E-state index is 0.176. The summed E-state index contributed by atoms with van der Waals surface area (Å²) in [5, 5.41) is 0. The molecular formula is C30H54O. The molecule has 1 heteroatoms. The Bertz CT molecular complexity index is 628. The highest BCUT2D eigenvalue weighted by atomic mass is 16.1. The predicted octanol–water partition coefficient (Wildman–Crippen LogP) is 9.28. The Labute approximate surface area is 195 Å². The molecule has 0 radical (unpaired) electrons. The van der Waals surface area contributed by atoms with Gasteiger partial charge in [0.05, 0.1) is 0 Å². The molecule has 0 saturated heterocycles. The van der Waals surface area contributed by atoms with Gasteiger partial charge in [0.2, 0.25) is 0 Å². The first-order valence-corrected chi connectivity index (χ1v) is 13.6. The van der Waals surface area contributed by atoms with Crippen LogP contribution < -0.4 is 0 Å². The fourth-order valence-electron chi connectivity index (χ4n) is 8.23. The van der Waals surface area contributed by atoms with Crippen molar-refractivity contribution in [3.63, 3.8) is 0 Å². The molecule has 0 aromatic carbocycles. The smallest absolute Gasteiger partial charge is 0.178 e. The summed E-state index contributed by atoms with van der Waals surface area (Å²) in [6.45, 7) is 25.0. The van der Waals surface area contributed by atoms with Crippen LogP contribution in [0.5, 0.6) is 0 Å². The predicted molar refractivity (Wildman–Crippen MR) is 138 cm³/mol. The highest BCUT2D eigenvalue weighted by Gasteiger charge is 2.62. The number of ketones is 1. The van der Waals surface area contributed by atoms with Gasteiger partial charge in [-0.3, -0.25) is 4.79 Å².